The lowest BCUT2D eigenvalue weighted by molar-refractivity contribution is 0.484. The van der Waals surface area contributed by atoms with Gasteiger partial charge in [0.1, 0.15) is 11.6 Å². The zero-order chi connectivity index (χ0) is 40.1. The van der Waals surface area contributed by atoms with E-state index in [4.69, 9.17) is 0 Å². The van der Waals surface area contributed by atoms with Gasteiger partial charge in [-0.05, 0) is 147 Å². The Morgan fingerprint density at radius 1 is 0.542 bits per heavy atom. The predicted octanol–water partition coefficient (Wildman–Crippen LogP) is 14.8. The van der Waals surface area contributed by atoms with E-state index in [0.717, 1.165) is 42.8 Å². The quantitative estimate of drug-likeness (QED) is 0.132. The van der Waals surface area contributed by atoms with E-state index in [0.29, 0.717) is 0 Å². The van der Waals surface area contributed by atoms with Gasteiger partial charge in [0.15, 0.2) is 0 Å². The molecule has 10 rings (SSSR count). The Labute approximate surface area is 346 Å². The number of fused-ring (bicyclic) bond motifs is 5. The molecule has 7 aromatic rings. The zero-order valence-electron chi connectivity index (χ0n) is 33.4. The topological polar surface area (TPSA) is 3.24 Å². The molecule has 0 unspecified atom stereocenters. The van der Waals surface area contributed by atoms with Crippen molar-refractivity contribution in [2.75, 3.05) is 4.90 Å². The van der Waals surface area contributed by atoms with Crippen molar-refractivity contribution in [2.24, 2.45) is 0 Å². The van der Waals surface area contributed by atoms with Gasteiger partial charge in [-0.3, -0.25) is 0 Å². The average molecular weight is 770 g/mol. The van der Waals surface area contributed by atoms with Crippen molar-refractivity contribution < 1.29 is 8.78 Å². The summed E-state index contributed by atoms with van der Waals surface area (Å²) in [6.45, 7) is 4.62. The highest BCUT2D eigenvalue weighted by molar-refractivity contribution is 5.93. The number of allylic oxidation sites excluding steroid dienone is 4. The molecule has 0 saturated heterocycles. The van der Waals surface area contributed by atoms with Crippen LogP contribution in [-0.4, -0.2) is 0 Å². The number of nitrogens with zero attached hydrogens (tertiary/aromatic N) is 1. The summed E-state index contributed by atoms with van der Waals surface area (Å²) < 4.78 is 28.3. The van der Waals surface area contributed by atoms with Gasteiger partial charge in [-0.15, -0.1) is 0 Å². The van der Waals surface area contributed by atoms with E-state index in [2.05, 4.69) is 158 Å². The van der Waals surface area contributed by atoms with Gasteiger partial charge in [-0.1, -0.05) is 147 Å². The molecule has 0 saturated carbocycles. The Morgan fingerprint density at radius 2 is 1.14 bits per heavy atom. The van der Waals surface area contributed by atoms with Gasteiger partial charge in [-0.25, -0.2) is 8.78 Å². The second kappa shape index (κ2) is 14.7. The molecule has 3 heteroatoms. The van der Waals surface area contributed by atoms with E-state index in [1.807, 2.05) is 24.3 Å². The van der Waals surface area contributed by atoms with E-state index < -0.39 is 5.41 Å². The monoisotopic (exact) mass is 769 g/mol. The second-order valence-corrected chi connectivity index (χ2v) is 16.0. The molecule has 0 spiro atoms. The SMILES string of the molecule is CCC1(CC)C2=C(CCC(N(c3ccc(F)cc3)c3ccc(F)cc3)=C2)c2ccc(/C=C/c3cccc4c3-c3ccccc3C4(c3ccccc3)c3ccccc3)cc21. The summed E-state index contributed by atoms with van der Waals surface area (Å²) in [4.78, 5) is 2.16. The van der Waals surface area contributed by atoms with Crippen LogP contribution in [0.1, 0.15) is 84.0 Å². The van der Waals surface area contributed by atoms with Gasteiger partial charge in [0, 0.05) is 22.5 Å². The molecular formula is C56H45F2N. The van der Waals surface area contributed by atoms with E-state index >= 15 is 0 Å². The molecule has 1 nitrogen and oxygen atoms in total. The molecule has 59 heavy (non-hydrogen) atoms. The van der Waals surface area contributed by atoms with E-state index in [-0.39, 0.29) is 17.0 Å². The normalized spacial score (nSPS) is 15.7. The third-order valence-corrected chi connectivity index (χ3v) is 13.3. The number of halogens is 2. The highest BCUT2D eigenvalue weighted by Gasteiger charge is 2.47. The molecule has 7 aromatic carbocycles. The van der Waals surface area contributed by atoms with Crippen molar-refractivity contribution in [1.29, 1.82) is 0 Å². The Balaban J connectivity index is 1.05. The van der Waals surface area contributed by atoms with Crippen molar-refractivity contribution in [1.82, 2.24) is 0 Å². The molecule has 0 bridgehead atoms. The first-order valence-electron chi connectivity index (χ1n) is 20.9. The first kappa shape index (κ1) is 36.7. The largest absolute Gasteiger partial charge is 0.314 e. The molecular weight excluding hydrogens is 725 g/mol. The molecule has 0 radical (unpaired) electrons. The fourth-order valence-electron chi connectivity index (χ4n) is 10.6. The van der Waals surface area contributed by atoms with Gasteiger partial charge < -0.3 is 4.90 Å². The third kappa shape index (κ3) is 5.78. The Bertz CT molecular complexity index is 2700. The minimum atomic E-state index is -0.437. The summed E-state index contributed by atoms with van der Waals surface area (Å²) >= 11 is 0. The van der Waals surface area contributed by atoms with Gasteiger partial charge in [0.05, 0.1) is 5.41 Å². The fourth-order valence-corrected chi connectivity index (χ4v) is 10.6. The van der Waals surface area contributed by atoms with Crippen LogP contribution in [0.2, 0.25) is 0 Å². The summed E-state index contributed by atoms with van der Waals surface area (Å²) in [6.07, 6.45) is 10.6. The third-order valence-electron chi connectivity index (χ3n) is 13.3. The average Bonchev–Trinajstić information content (AvgIpc) is 3.75. The number of hydrogen-bond acceptors (Lipinski definition) is 1. The van der Waals surface area contributed by atoms with Gasteiger partial charge in [-0.2, -0.15) is 0 Å². The molecule has 0 atom stereocenters. The maximum atomic E-state index is 14.1. The first-order valence-corrected chi connectivity index (χ1v) is 20.9. The molecule has 0 aromatic heterocycles. The van der Waals surface area contributed by atoms with Crippen molar-refractivity contribution in [3.63, 3.8) is 0 Å². The highest BCUT2D eigenvalue weighted by Crippen LogP contribution is 2.58. The minimum Gasteiger partial charge on any atom is -0.314 e. The zero-order valence-corrected chi connectivity index (χ0v) is 33.4. The number of anilines is 2. The molecule has 0 heterocycles. The van der Waals surface area contributed by atoms with Crippen molar-refractivity contribution in [3.8, 4) is 11.1 Å². The van der Waals surface area contributed by atoms with Crippen molar-refractivity contribution in [3.05, 3.63) is 243 Å². The van der Waals surface area contributed by atoms with Crippen LogP contribution in [0.15, 0.2) is 187 Å². The van der Waals surface area contributed by atoms with Gasteiger partial charge in [0.25, 0.3) is 0 Å². The highest BCUT2D eigenvalue weighted by atomic mass is 19.1. The maximum absolute atomic E-state index is 14.1. The number of rotatable bonds is 9. The van der Waals surface area contributed by atoms with Crippen LogP contribution in [0, 0.1) is 11.6 Å². The lowest BCUT2D eigenvalue weighted by atomic mass is 9.67. The van der Waals surface area contributed by atoms with E-state index in [1.165, 1.54) is 91.0 Å². The molecule has 0 aliphatic heterocycles. The van der Waals surface area contributed by atoms with Crippen LogP contribution in [0.3, 0.4) is 0 Å². The van der Waals surface area contributed by atoms with Gasteiger partial charge >= 0.3 is 0 Å². The molecule has 3 aliphatic rings. The Hall–Kier alpha value is -6.58. The lowest BCUT2D eigenvalue weighted by Crippen LogP contribution is -2.28. The summed E-state index contributed by atoms with van der Waals surface area (Å²) in [5, 5.41) is 0. The molecule has 288 valence electrons. The van der Waals surface area contributed by atoms with Crippen LogP contribution in [0.5, 0.6) is 0 Å². The summed E-state index contributed by atoms with van der Waals surface area (Å²) in [6, 6.07) is 57.9. The Kier molecular flexibility index (Phi) is 9.13. The van der Waals surface area contributed by atoms with Crippen molar-refractivity contribution in [2.45, 2.75) is 50.4 Å². The van der Waals surface area contributed by atoms with E-state index in [1.54, 1.807) is 0 Å². The lowest BCUT2D eigenvalue weighted by Gasteiger charge is -2.35. The van der Waals surface area contributed by atoms with Crippen LogP contribution in [-0.2, 0) is 10.8 Å². The predicted molar refractivity (Wildman–Crippen MR) is 241 cm³/mol. The number of benzene rings is 7. The standard InChI is InChI=1S/C56H45F2N/c1-3-55(4-2)52-36-38(23-34-47(52)48-35-33-46(37-53(48)55)59(44-29-25-42(57)26-30-44)45-31-27-43(58)28-32-45)22-24-39-14-13-21-51-54(39)49-19-11-12-20-50(49)56(51,40-15-7-5-8-16-40)41-17-9-6-10-18-41/h5-32,34,36-37H,3-4,33,35H2,1-2H3/b24-22+. The second-order valence-electron chi connectivity index (χ2n) is 16.0. The maximum Gasteiger partial charge on any atom is 0.123 e. The smallest absolute Gasteiger partial charge is 0.123 e. The molecule has 0 fully saturated rings. The summed E-state index contributed by atoms with van der Waals surface area (Å²) in [7, 11) is 0. The first-order chi connectivity index (χ1) is 29.0. The summed E-state index contributed by atoms with van der Waals surface area (Å²) in [5.74, 6) is -0.562. The van der Waals surface area contributed by atoms with Crippen LogP contribution < -0.4 is 4.90 Å². The fraction of sp³-hybridized carbons (Fsp3) is 0.143. The van der Waals surface area contributed by atoms with Crippen LogP contribution in [0.25, 0.3) is 28.9 Å². The molecule has 0 N–H and O–H groups in total. The number of hydrogen-bond donors (Lipinski definition) is 0. The van der Waals surface area contributed by atoms with E-state index in [9.17, 15) is 8.78 Å². The Morgan fingerprint density at radius 3 is 1.76 bits per heavy atom. The summed E-state index contributed by atoms with van der Waals surface area (Å²) in [5.41, 5.74) is 17.8. The van der Waals surface area contributed by atoms with Gasteiger partial charge in [0.2, 0.25) is 0 Å². The minimum absolute atomic E-state index is 0.157. The molecule has 3 aliphatic carbocycles. The van der Waals surface area contributed by atoms with Crippen LogP contribution in [0.4, 0.5) is 20.2 Å². The van der Waals surface area contributed by atoms with Crippen LogP contribution >= 0.6 is 0 Å². The molecule has 0 amide bonds. The van der Waals surface area contributed by atoms with Crippen molar-refractivity contribution >= 4 is 29.1 Å².